The smallest absolute Gasteiger partial charge is 0.231 e. The van der Waals surface area contributed by atoms with Crippen molar-refractivity contribution < 1.29 is 14.3 Å². The summed E-state index contributed by atoms with van der Waals surface area (Å²) in [5, 5.41) is 3.05. The molecule has 0 radical (unpaired) electrons. The molecule has 1 N–H and O–H groups in total. The number of benzene rings is 1. The summed E-state index contributed by atoms with van der Waals surface area (Å²) in [6.45, 7) is 4.12. The Morgan fingerprint density at radius 2 is 2.00 bits per heavy atom. The molecule has 1 saturated carbocycles. The van der Waals surface area contributed by atoms with Crippen LogP contribution >= 0.6 is 0 Å². The van der Waals surface area contributed by atoms with Crippen LogP contribution in [0.2, 0.25) is 0 Å². The van der Waals surface area contributed by atoms with Crippen molar-refractivity contribution in [3.05, 3.63) is 23.8 Å². The molecule has 1 amide bonds. The molecule has 1 aliphatic carbocycles. The highest BCUT2D eigenvalue weighted by atomic mass is 16.7. The van der Waals surface area contributed by atoms with Gasteiger partial charge in [0, 0.05) is 6.04 Å². The molecule has 2 aliphatic rings. The molecule has 18 heavy (non-hydrogen) atoms. The van der Waals surface area contributed by atoms with E-state index in [1.807, 2.05) is 32.0 Å². The molecule has 0 unspecified atom stereocenters. The number of carbonyl (C=O) groups is 1. The van der Waals surface area contributed by atoms with Gasteiger partial charge in [-0.05, 0) is 44.4 Å². The lowest BCUT2D eigenvalue weighted by molar-refractivity contribution is -0.125. The number of fused-ring (bicyclic) bond motifs is 1. The van der Waals surface area contributed by atoms with Crippen LogP contribution in [0.1, 0.15) is 32.3 Å². The largest absolute Gasteiger partial charge is 0.454 e. The summed E-state index contributed by atoms with van der Waals surface area (Å²) in [4.78, 5) is 12.2. The SMILES string of the molecule is CC(C)(C(=O)NC1CC1)c1ccc2c(c1)OCO2. The van der Waals surface area contributed by atoms with Gasteiger partial charge in [0.05, 0.1) is 5.41 Å². The minimum Gasteiger partial charge on any atom is -0.454 e. The van der Waals surface area contributed by atoms with E-state index < -0.39 is 5.41 Å². The zero-order valence-corrected chi connectivity index (χ0v) is 10.7. The van der Waals surface area contributed by atoms with Crippen LogP contribution in [0.5, 0.6) is 11.5 Å². The maximum absolute atomic E-state index is 12.2. The zero-order valence-electron chi connectivity index (χ0n) is 10.7. The molecule has 4 nitrogen and oxygen atoms in total. The third-order valence-electron chi connectivity index (χ3n) is 3.57. The first-order chi connectivity index (χ1) is 8.57. The maximum Gasteiger partial charge on any atom is 0.231 e. The first kappa shape index (κ1) is 11.4. The van der Waals surface area contributed by atoms with E-state index in [1.54, 1.807) is 0 Å². The van der Waals surface area contributed by atoms with Crippen LogP contribution < -0.4 is 14.8 Å². The van der Waals surface area contributed by atoms with Gasteiger partial charge in [-0.2, -0.15) is 0 Å². The van der Waals surface area contributed by atoms with Crippen molar-refractivity contribution in [3.63, 3.8) is 0 Å². The fourth-order valence-corrected chi connectivity index (χ4v) is 2.01. The normalized spacial score (nSPS) is 17.7. The summed E-state index contributed by atoms with van der Waals surface area (Å²) in [5.41, 5.74) is 0.397. The summed E-state index contributed by atoms with van der Waals surface area (Å²) >= 11 is 0. The van der Waals surface area contributed by atoms with E-state index in [2.05, 4.69) is 5.32 Å². The van der Waals surface area contributed by atoms with Crippen LogP contribution in [0.4, 0.5) is 0 Å². The van der Waals surface area contributed by atoms with Crippen LogP contribution in [-0.2, 0) is 10.2 Å². The van der Waals surface area contributed by atoms with Gasteiger partial charge in [0.2, 0.25) is 12.7 Å². The summed E-state index contributed by atoms with van der Waals surface area (Å²) in [5.74, 6) is 1.54. The van der Waals surface area contributed by atoms with Crippen LogP contribution in [0.25, 0.3) is 0 Å². The molecular weight excluding hydrogens is 230 g/mol. The fourth-order valence-electron chi connectivity index (χ4n) is 2.01. The molecule has 1 aliphatic heterocycles. The minimum absolute atomic E-state index is 0.0730. The van der Waals surface area contributed by atoms with Gasteiger partial charge in [0.1, 0.15) is 0 Å². The molecule has 1 heterocycles. The summed E-state index contributed by atoms with van der Waals surface area (Å²) in [6.07, 6.45) is 2.20. The number of rotatable bonds is 3. The van der Waals surface area contributed by atoms with Crippen LogP contribution in [0.3, 0.4) is 0 Å². The van der Waals surface area contributed by atoms with Crippen molar-refractivity contribution in [1.29, 1.82) is 0 Å². The van der Waals surface area contributed by atoms with Crippen molar-refractivity contribution in [2.45, 2.75) is 38.1 Å². The highest BCUT2D eigenvalue weighted by Gasteiger charge is 2.34. The highest BCUT2D eigenvalue weighted by Crippen LogP contribution is 2.36. The van der Waals surface area contributed by atoms with Gasteiger partial charge in [-0.3, -0.25) is 4.79 Å². The summed E-state index contributed by atoms with van der Waals surface area (Å²) < 4.78 is 10.6. The van der Waals surface area contributed by atoms with Crippen molar-refractivity contribution >= 4 is 5.91 Å². The predicted octanol–water partition coefficient (Wildman–Crippen LogP) is 1.97. The second-order valence-electron chi connectivity index (χ2n) is 5.44. The molecule has 0 saturated heterocycles. The van der Waals surface area contributed by atoms with Gasteiger partial charge < -0.3 is 14.8 Å². The number of hydrogen-bond acceptors (Lipinski definition) is 3. The molecule has 1 fully saturated rings. The average molecular weight is 247 g/mol. The molecule has 96 valence electrons. The average Bonchev–Trinajstić information content (AvgIpc) is 3.03. The number of amides is 1. The predicted molar refractivity (Wildman–Crippen MR) is 66.8 cm³/mol. The van der Waals surface area contributed by atoms with Gasteiger partial charge in [0.25, 0.3) is 0 Å². The van der Waals surface area contributed by atoms with Crippen LogP contribution in [0.15, 0.2) is 18.2 Å². The van der Waals surface area contributed by atoms with Crippen molar-refractivity contribution in [2.75, 3.05) is 6.79 Å². The molecule has 0 aromatic heterocycles. The van der Waals surface area contributed by atoms with E-state index in [-0.39, 0.29) is 12.7 Å². The third kappa shape index (κ3) is 1.92. The van der Waals surface area contributed by atoms with Gasteiger partial charge in [-0.15, -0.1) is 0 Å². The number of carbonyl (C=O) groups excluding carboxylic acids is 1. The molecule has 4 heteroatoms. The monoisotopic (exact) mass is 247 g/mol. The first-order valence-electron chi connectivity index (χ1n) is 6.28. The molecule has 1 aromatic carbocycles. The van der Waals surface area contributed by atoms with Crippen LogP contribution in [-0.4, -0.2) is 18.7 Å². The van der Waals surface area contributed by atoms with Crippen molar-refractivity contribution in [3.8, 4) is 11.5 Å². The molecule has 0 spiro atoms. The third-order valence-corrected chi connectivity index (χ3v) is 3.57. The number of nitrogens with one attached hydrogen (secondary N) is 1. The topological polar surface area (TPSA) is 47.6 Å². The zero-order chi connectivity index (χ0) is 12.8. The fraction of sp³-hybridized carbons (Fsp3) is 0.500. The second-order valence-corrected chi connectivity index (χ2v) is 5.44. The van der Waals surface area contributed by atoms with E-state index in [0.717, 1.165) is 29.9 Å². The summed E-state index contributed by atoms with van der Waals surface area (Å²) in [6, 6.07) is 6.07. The van der Waals surface area contributed by atoms with Crippen molar-refractivity contribution in [2.24, 2.45) is 0 Å². The Labute approximate surface area is 106 Å². The van der Waals surface area contributed by atoms with E-state index >= 15 is 0 Å². The Morgan fingerprint density at radius 3 is 2.72 bits per heavy atom. The van der Waals surface area contributed by atoms with Gasteiger partial charge >= 0.3 is 0 Å². The van der Waals surface area contributed by atoms with Crippen molar-refractivity contribution in [1.82, 2.24) is 5.32 Å². The Morgan fingerprint density at radius 1 is 1.28 bits per heavy atom. The minimum atomic E-state index is -0.552. The Hall–Kier alpha value is -1.71. The lowest BCUT2D eigenvalue weighted by Crippen LogP contribution is -2.41. The Bertz CT molecular complexity index is 492. The second kappa shape index (κ2) is 3.90. The van der Waals surface area contributed by atoms with Crippen LogP contribution in [0, 0.1) is 0 Å². The molecule has 3 rings (SSSR count). The van der Waals surface area contributed by atoms with Gasteiger partial charge in [0.15, 0.2) is 11.5 Å². The molecule has 0 bridgehead atoms. The lowest BCUT2D eigenvalue weighted by Gasteiger charge is -2.24. The van der Waals surface area contributed by atoms with E-state index in [0.29, 0.717) is 6.04 Å². The molecule has 1 aromatic rings. The lowest BCUT2D eigenvalue weighted by atomic mass is 9.83. The summed E-state index contributed by atoms with van der Waals surface area (Å²) in [7, 11) is 0. The Balaban J connectivity index is 1.85. The number of ether oxygens (including phenoxy) is 2. The quantitative estimate of drug-likeness (QED) is 0.888. The molecular formula is C14H17NO3. The Kier molecular flexibility index (Phi) is 2.47. The van der Waals surface area contributed by atoms with E-state index in [4.69, 9.17) is 9.47 Å². The maximum atomic E-state index is 12.2. The van der Waals surface area contributed by atoms with Gasteiger partial charge in [-0.25, -0.2) is 0 Å². The van der Waals surface area contributed by atoms with Gasteiger partial charge in [-0.1, -0.05) is 6.07 Å². The number of hydrogen-bond donors (Lipinski definition) is 1. The first-order valence-corrected chi connectivity index (χ1v) is 6.28. The highest BCUT2D eigenvalue weighted by molar-refractivity contribution is 5.88. The molecule has 0 atom stereocenters. The van der Waals surface area contributed by atoms with E-state index in [1.165, 1.54) is 0 Å². The standard InChI is InChI=1S/C14H17NO3/c1-14(2,13(16)15-10-4-5-10)9-3-6-11-12(7-9)18-8-17-11/h3,6-7,10H,4-5,8H2,1-2H3,(H,15,16). The van der Waals surface area contributed by atoms with E-state index in [9.17, 15) is 4.79 Å².